The number of hydrogen-bond donors (Lipinski definition) is 0. The van der Waals surface area contributed by atoms with Gasteiger partial charge in [-0.1, -0.05) is 0 Å². The first kappa shape index (κ1) is 7.38. The van der Waals surface area contributed by atoms with Crippen LogP contribution in [0.1, 0.15) is 15.9 Å². The van der Waals surface area contributed by atoms with Crippen LogP contribution in [0.15, 0.2) is 36.9 Å². The molecule has 0 saturated carbocycles. The Morgan fingerprint density at radius 2 is 1.29 bits per heavy atom. The van der Waals surface area contributed by atoms with E-state index >= 15 is 0 Å². The van der Waals surface area contributed by atoms with Gasteiger partial charge in [0.2, 0.25) is 0 Å². The average molecular weight is 182 g/mol. The fourth-order valence-electron chi connectivity index (χ4n) is 1.76. The molecule has 0 bridgehead atoms. The van der Waals surface area contributed by atoms with Crippen LogP contribution in [-0.2, 0) is 0 Å². The summed E-state index contributed by atoms with van der Waals surface area (Å²) >= 11 is 0. The third kappa shape index (κ3) is 0.785. The Balaban J connectivity index is 2.42. The number of pyridine rings is 2. The zero-order valence-corrected chi connectivity index (χ0v) is 7.27. The van der Waals surface area contributed by atoms with Gasteiger partial charge in [0, 0.05) is 47.0 Å². The van der Waals surface area contributed by atoms with Gasteiger partial charge in [-0.15, -0.1) is 0 Å². The highest BCUT2D eigenvalue weighted by Crippen LogP contribution is 2.34. The van der Waals surface area contributed by atoms with E-state index in [2.05, 4.69) is 9.97 Å². The van der Waals surface area contributed by atoms with Crippen LogP contribution < -0.4 is 0 Å². The third-order valence-electron chi connectivity index (χ3n) is 2.42. The van der Waals surface area contributed by atoms with Crippen LogP contribution in [0.2, 0.25) is 0 Å². The second kappa shape index (κ2) is 2.48. The molecule has 1 aliphatic rings. The number of carbonyl (C=O) groups is 1. The summed E-state index contributed by atoms with van der Waals surface area (Å²) in [7, 11) is 0. The molecular weight excluding hydrogens is 176 g/mol. The van der Waals surface area contributed by atoms with Crippen molar-refractivity contribution in [1.82, 2.24) is 9.97 Å². The van der Waals surface area contributed by atoms with Crippen LogP contribution >= 0.6 is 0 Å². The lowest BCUT2D eigenvalue weighted by atomic mass is 10.1. The number of hydrogen-bond acceptors (Lipinski definition) is 3. The number of rotatable bonds is 0. The van der Waals surface area contributed by atoms with Crippen molar-refractivity contribution in [2.24, 2.45) is 0 Å². The predicted octanol–water partition coefficient (Wildman–Crippen LogP) is 1.69. The van der Waals surface area contributed by atoms with Gasteiger partial charge < -0.3 is 0 Å². The molecule has 14 heavy (non-hydrogen) atoms. The Kier molecular flexibility index (Phi) is 1.31. The quantitative estimate of drug-likeness (QED) is 0.531. The minimum Gasteiger partial charge on any atom is -0.289 e. The molecule has 2 aromatic heterocycles. The molecule has 3 rings (SSSR count). The Morgan fingerprint density at radius 3 is 1.79 bits per heavy atom. The van der Waals surface area contributed by atoms with Gasteiger partial charge in [-0.2, -0.15) is 0 Å². The van der Waals surface area contributed by atoms with Crippen molar-refractivity contribution in [3.63, 3.8) is 0 Å². The van der Waals surface area contributed by atoms with Crippen molar-refractivity contribution < 1.29 is 4.79 Å². The molecule has 0 fully saturated rings. The van der Waals surface area contributed by atoms with Gasteiger partial charge in [0.15, 0.2) is 5.78 Å². The summed E-state index contributed by atoms with van der Waals surface area (Å²) in [5.74, 6) is 0.0693. The van der Waals surface area contributed by atoms with E-state index in [1.165, 1.54) is 0 Å². The largest absolute Gasteiger partial charge is 0.289 e. The molecule has 0 amide bonds. The first-order valence-corrected chi connectivity index (χ1v) is 4.31. The van der Waals surface area contributed by atoms with Gasteiger partial charge in [-0.3, -0.25) is 14.8 Å². The summed E-state index contributed by atoms with van der Waals surface area (Å²) in [6.45, 7) is 0. The third-order valence-corrected chi connectivity index (χ3v) is 2.42. The van der Waals surface area contributed by atoms with Crippen LogP contribution in [0.3, 0.4) is 0 Å². The molecule has 0 unspecified atom stereocenters. The molecular formula is C11H6N2O. The zero-order chi connectivity index (χ0) is 9.54. The summed E-state index contributed by atoms with van der Waals surface area (Å²) in [6.07, 6.45) is 6.69. The zero-order valence-electron chi connectivity index (χ0n) is 7.27. The van der Waals surface area contributed by atoms with Crippen molar-refractivity contribution in [2.75, 3.05) is 0 Å². The molecule has 0 atom stereocenters. The van der Waals surface area contributed by atoms with E-state index in [4.69, 9.17) is 0 Å². The van der Waals surface area contributed by atoms with Crippen molar-refractivity contribution in [3.8, 4) is 11.1 Å². The van der Waals surface area contributed by atoms with Gasteiger partial charge in [-0.05, 0) is 12.1 Å². The lowest BCUT2D eigenvalue weighted by molar-refractivity contribution is 0.104. The molecule has 2 heterocycles. The van der Waals surface area contributed by atoms with Crippen molar-refractivity contribution in [3.05, 3.63) is 48.0 Å². The van der Waals surface area contributed by atoms with Gasteiger partial charge in [0.05, 0.1) is 0 Å². The van der Waals surface area contributed by atoms with Gasteiger partial charge in [0.1, 0.15) is 0 Å². The summed E-state index contributed by atoms with van der Waals surface area (Å²) in [4.78, 5) is 19.9. The topological polar surface area (TPSA) is 42.9 Å². The Hall–Kier alpha value is -2.03. The average Bonchev–Trinajstić information content (AvgIpc) is 2.55. The van der Waals surface area contributed by atoms with E-state index in [0.29, 0.717) is 0 Å². The van der Waals surface area contributed by atoms with E-state index < -0.39 is 0 Å². The Labute approximate surface area is 80.4 Å². The monoisotopic (exact) mass is 182 g/mol. The molecule has 0 radical (unpaired) electrons. The van der Waals surface area contributed by atoms with Crippen LogP contribution in [0.4, 0.5) is 0 Å². The van der Waals surface area contributed by atoms with E-state index in [9.17, 15) is 4.79 Å². The summed E-state index contributed by atoms with van der Waals surface area (Å²) in [6, 6.07) is 3.50. The maximum absolute atomic E-state index is 11.8. The molecule has 0 aromatic carbocycles. The molecule has 0 spiro atoms. The number of fused-ring (bicyclic) bond motifs is 3. The molecule has 0 N–H and O–H groups in total. The minimum absolute atomic E-state index is 0.0693. The number of aromatic nitrogens is 2. The Bertz CT molecular complexity index is 487. The molecule has 2 aromatic rings. The maximum atomic E-state index is 11.8. The highest BCUT2D eigenvalue weighted by molar-refractivity contribution is 6.21. The van der Waals surface area contributed by atoms with Crippen molar-refractivity contribution in [1.29, 1.82) is 0 Å². The van der Waals surface area contributed by atoms with E-state index in [-0.39, 0.29) is 5.78 Å². The fourth-order valence-corrected chi connectivity index (χ4v) is 1.76. The summed E-state index contributed by atoms with van der Waals surface area (Å²) in [5.41, 5.74) is 3.23. The summed E-state index contributed by atoms with van der Waals surface area (Å²) < 4.78 is 0. The fraction of sp³-hybridized carbons (Fsp3) is 0. The standard InChI is InChI=1S/C11H6N2O/c14-11-7-1-3-12-5-9(7)10-6-13-4-2-8(10)11/h1-6H. The van der Waals surface area contributed by atoms with Crippen LogP contribution in [0, 0.1) is 0 Å². The second-order valence-electron chi connectivity index (χ2n) is 3.17. The van der Waals surface area contributed by atoms with Crippen LogP contribution in [0.5, 0.6) is 0 Å². The molecule has 0 saturated heterocycles. The van der Waals surface area contributed by atoms with Crippen LogP contribution in [0.25, 0.3) is 11.1 Å². The number of ketones is 1. The molecule has 3 nitrogen and oxygen atoms in total. The minimum atomic E-state index is 0.0693. The van der Waals surface area contributed by atoms with Crippen molar-refractivity contribution in [2.45, 2.75) is 0 Å². The van der Waals surface area contributed by atoms with Gasteiger partial charge in [0.25, 0.3) is 0 Å². The highest BCUT2D eigenvalue weighted by Gasteiger charge is 2.25. The SMILES string of the molecule is O=C1c2ccncc2-c2cnccc21. The predicted molar refractivity (Wildman–Crippen MR) is 50.9 cm³/mol. The summed E-state index contributed by atoms with van der Waals surface area (Å²) in [5, 5.41) is 0. The normalized spacial score (nSPS) is 12.4. The Morgan fingerprint density at radius 1 is 0.786 bits per heavy atom. The van der Waals surface area contributed by atoms with Crippen LogP contribution in [-0.4, -0.2) is 15.8 Å². The lowest BCUT2D eigenvalue weighted by Gasteiger charge is -1.95. The van der Waals surface area contributed by atoms with E-state index in [1.807, 2.05) is 0 Å². The smallest absolute Gasteiger partial charge is 0.194 e. The van der Waals surface area contributed by atoms with E-state index in [0.717, 1.165) is 22.3 Å². The van der Waals surface area contributed by atoms with Gasteiger partial charge >= 0.3 is 0 Å². The van der Waals surface area contributed by atoms with Crippen molar-refractivity contribution >= 4 is 5.78 Å². The molecule has 3 heteroatoms. The lowest BCUT2D eigenvalue weighted by Crippen LogP contribution is -1.94. The first-order valence-electron chi connectivity index (χ1n) is 4.31. The molecule has 66 valence electrons. The molecule has 0 aliphatic heterocycles. The highest BCUT2D eigenvalue weighted by atomic mass is 16.1. The molecule has 1 aliphatic carbocycles. The number of carbonyl (C=O) groups excluding carboxylic acids is 1. The second-order valence-corrected chi connectivity index (χ2v) is 3.17. The van der Waals surface area contributed by atoms with Gasteiger partial charge in [-0.25, -0.2) is 0 Å². The first-order chi connectivity index (χ1) is 6.88. The number of nitrogens with zero attached hydrogens (tertiary/aromatic N) is 2. The van der Waals surface area contributed by atoms with E-state index in [1.54, 1.807) is 36.9 Å². The maximum Gasteiger partial charge on any atom is 0.194 e.